The Kier molecular flexibility index (Phi) is 4.28. The Hall–Kier alpha value is -0.420. The van der Waals surface area contributed by atoms with Crippen LogP contribution >= 0.6 is 9.24 Å². The summed E-state index contributed by atoms with van der Waals surface area (Å²) in [5.74, 6) is 0.182. The fourth-order valence-corrected chi connectivity index (χ4v) is 2.87. The van der Waals surface area contributed by atoms with Gasteiger partial charge in [-0.15, -0.1) is 9.24 Å². The molecule has 0 nitrogen and oxygen atoms in total. The second-order valence-electron chi connectivity index (χ2n) is 4.39. The zero-order chi connectivity index (χ0) is 11.6. The molecular weight excluding hydrogens is 206 g/mol. The van der Waals surface area contributed by atoms with Crippen molar-refractivity contribution >= 4 is 14.5 Å². The van der Waals surface area contributed by atoms with Crippen LogP contribution in [0, 0.1) is 12.7 Å². The Balaban J connectivity index is 3.35. The molecule has 1 atom stereocenters. The second-order valence-corrected chi connectivity index (χ2v) is 4.96. The lowest BCUT2D eigenvalue weighted by atomic mass is 9.94. The van der Waals surface area contributed by atoms with Gasteiger partial charge >= 0.3 is 0 Å². The molecule has 1 rings (SSSR count). The van der Waals surface area contributed by atoms with E-state index < -0.39 is 0 Å². The van der Waals surface area contributed by atoms with Crippen LogP contribution < -0.4 is 5.30 Å². The van der Waals surface area contributed by atoms with Gasteiger partial charge in [0.2, 0.25) is 0 Å². The summed E-state index contributed by atoms with van der Waals surface area (Å²) in [5, 5.41) is 1.07. The van der Waals surface area contributed by atoms with E-state index in [0.29, 0.717) is 0 Å². The first-order valence-corrected chi connectivity index (χ1v) is 6.14. The van der Waals surface area contributed by atoms with E-state index in [0.717, 1.165) is 29.3 Å². The van der Waals surface area contributed by atoms with Crippen LogP contribution in [0.3, 0.4) is 0 Å². The van der Waals surface area contributed by atoms with Gasteiger partial charge in [-0.25, -0.2) is 4.39 Å². The maximum Gasteiger partial charge on any atom is 0.127 e. The molecule has 0 aliphatic rings. The molecule has 0 saturated carbocycles. The highest BCUT2D eigenvalue weighted by atomic mass is 31.0. The van der Waals surface area contributed by atoms with Gasteiger partial charge in [0.15, 0.2) is 0 Å². The highest BCUT2D eigenvalue weighted by Crippen LogP contribution is 2.23. The van der Waals surface area contributed by atoms with Crippen molar-refractivity contribution in [3.05, 3.63) is 28.6 Å². The van der Waals surface area contributed by atoms with Gasteiger partial charge in [0, 0.05) is 0 Å². The molecule has 0 radical (unpaired) electrons. The van der Waals surface area contributed by atoms with E-state index in [1.54, 1.807) is 6.07 Å². The van der Waals surface area contributed by atoms with Gasteiger partial charge in [0.1, 0.15) is 5.82 Å². The van der Waals surface area contributed by atoms with Gasteiger partial charge in [-0.3, -0.25) is 0 Å². The van der Waals surface area contributed by atoms with E-state index in [-0.39, 0.29) is 11.7 Å². The van der Waals surface area contributed by atoms with Crippen LogP contribution in [0.2, 0.25) is 0 Å². The largest absolute Gasteiger partial charge is 0.207 e. The standard InChI is InChI=1S/C13H20FP/c1-5-6-10-9(4)7-11(14)12(8(2)3)13(10)15/h7-8H,5-6,15H2,1-4H3. The first-order chi connectivity index (χ1) is 6.99. The number of rotatable bonds is 3. The van der Waals surface area contributed by atoms with Crippen molar-refractivity contribution in [3.8, 4) is 0 Å². The first kappa shape index (κ1) is 12.6. The lowest BCUT2D eigenvalue weighted by Crippen LogP contribution is -2.14. The van der Waals surface area contributed by atoms with Crippen LogP contribution in [0.4, 0.5) is 4.39 Å². The van der Waals surface area contributed by atoms with Crippen molar-refractivity contribution in [2.75, 3.05) is 0 Å². The minimum atomic E-state index is -0.0626. The molecule has 0 spiro atoms. The molecule has 2 heteroatoms. The number of hydrogen-bond donors (Lipinski definition) is 0. The van der Waals surface area contributed by atoms with Crippen LogP contribution in [-0.4, -0.2) is 0 Å². The van der Waals surface area contributed by atoms with Gasteiger partial charge in [0.25, 0.3) is 0 Å². The van der Waals surface area contributed by atoms with Crippen molar-refractivity contribution in [1.82, 2.24) is 0 Å². The summed E-state index contributed by atoms with van der Waals surface area (Å²) in [6.07, 6.45) is 2.13. The van der Waals surface area contributed by atoms with E-state index in [2.05, 4.69) is 16.2 Å². The molecule has 0 aliphatic heterocycles. The SMILES string of the molecule is CCCc1c(C)cc(F)c(C(C)C)c1P. The maximum absolute atomic E-state index is 13.8. The van der Waals surface area contributed by atoms with E-state index >= 15 is 0 Å². The number of halogens is 1. The quantitative estimate of drug-likeness (QED) is 0.689. The molecule has 15 heavy (non-hydrogen) atoms. The fourth-order valence-electron chi connectivity index (χ4n) is 2.03. The lowest BCUT2D eigenvalue weighted by Gasteiger charge is -2.17. The van der Waals surface area contributed by atoms with E-state index in [4.69, 9.17) is 0 Å². The van der Waals surface area contributed by atoms with E-state index in [9.17, 15) is 4.39 Å². The predicted molar refractivity (Wildman–Crippen MR) is 68.6 cm³/mol. The third-order valence-corrected chi connectivity index (χ3v) is 3.43. The van der Waals surface area contributed by atoms with E-state index in [1.807, 2.05) is 20.8 Å². The molecular formula is C13H20FP. The van der Waals surface area contributed by atoms with Crippen LogP contribution in [-0.2, 0) is 6.42 Å². The molecule has 1 aromatic carbocycles. The number of benzene rings is 1. The molecule has 84 valence electrons. The minimum absolute atomic E-state index is 0.0626. The Morgan fingerprint density at radius 3 is 2.47 bits per heavy atom. The van der Waals surface area contributed by atoms with Crippen molar-refractivity contribution in [2.45, 2.75) is 46.5 Å². The number of aryl methyl sites for hydroxylation is 1. The molecule has 0 aromatic heterocycles. The Morgan fingerprint density at radius 2 is 2.00 bits per heavy atom. The molecule has 0 N–H and O–H groups in total. The molecule has 1 unspecified atom stereocenters. The van der Waals surface area contributed by atoms with E-state index in [1.165, 1.54) is 5.56 Å². The van der Waals surface area contributed by atoms with Crippen LogP contribution in [0.15, 0.2) is 6.07 Å². The van der Waals surface area contributed by atoms with Gasteiger partial charge in [-0.05, 0) is 47.3 Å². The van der Waals surface area contributed by atoms with Crippen molar-refractivity contribution < 1.29 is 4.39 Å². The molecule has 0 fully saturated rings. The molecule has 0 heterocycles. The smallest absolute Gasteiger partial charge is 0.127 e. The Morgan fingerprint density at radius 1 is 1.40 bits per heavy atom. The highest BCUT2D eigenvalue weighted by Gasteiger charge is 2.15. The second kappa shape index (κ2) is 5.07. The molecule has 0 aliphatic carbocycles. The zero-order valence-corrected chi connectivity index (χ0v) is 11.2. The normalized spacial score (nSPS) is 11.1. The monoisotopic (exact) mass is 226 g/mol. The van der Waals surface area contributed by atoms with Crippen molar-refractivity contribution in [1.29, 1.82) is 0 Å². The first-order valence-electron chi connectivity index (χ1n) is 5.56. The summed E-state index contributed by atoms with van der Waals surface area (Å²) < 4.78 is 13.8. The summed E-state index contributed by atoms with van der Waals surface area (Å²) in [5.41, 5.74) is 3.23. The Bertz CT molecular complexity index is 356. The third-order valence-electron chi connectivity index (χ3n) is 2.77. The van der Waals surface area contributed by atoms with Gasteiger partial charge in [-0.2, -0.15) is 0 Å². The molecule has 0 saturated heterocycles. The third kappa shape index (κ3) is 2.58. The average molecular weight is 226 g/mol. The van der Waals surface area contributed by atoms with Crippen LogP contribution in [0.5, 0.6) is 0 Å². The summed E-state index contributed by atoms with van der Waals surface area (Å²) in [6, 6.07) is 1.67. The fraction of sp³-hybridized carbons (Fsp3) is 0.538. The van der Waals surface area contributed by atoms with Gasteiger partial charge in [0.05, 0.1) is 0 Å². The van der Waals surface area contributed by atoms with Crippen molar-refractivity contribution in [3.63, 3.8) is 0 Å². The maximum atomic E-state index is 13.8. The summed E-state index contributed by atoms with van der Waals surface area (Å²) in [4.78, 5) is 0. The minimum Gasteiger partial charge on any atom is -0.207 e. The summed E-state index contributed by atoms with van der Waals surface area (Å²) in [7, 11) is 2.72. The predicted octanol–water partition coefficient (Wildman–Crippen LogP) is 3.71. The number of hydrogen-bond acceptors (Lipinski definition) is 0. The molecule has 0 bridgehead atoms. The molecule has 0 amide bonds. The van der Waals surface area contributed by atoms with Gasteiger partial charge in [-0.1, -0.05) is 27.2 Å². The lowest BCUT2D eigenvalue weighted by molar-refractivity contribution is 0.598. The topological polar surface area (TPSA) is 0 Å². The average Bonchev–Trinajstić information content (AvgIpc) is 2.11. The van der Waals surface area contributed by atoms with Crippen molar-refractivity contribution in [2.24, 2.45) is 0 Å². The van der Waals surface area contributed by atoms with Crippen LogP contribution in [0.1, 0.15) is 49.8 Å². The summed E-state index contributed by atoms with van der Waals surface area (Å²) >= 11 is 0. The Labute approximate surface area is 94.5 Å². The highest BCUT2D eigenvalue weighted by molar-refractivity contribution is 7.27. The zero-order valence-electron chi connectivity index (χ0n) is 10.0. The summed E-state index contributed by atoms with van der Waals surface area (Å²) in [6.45, 7) is 8.22. The van der Waals surface area contributed by atoms with Crippen LogP contribution in [0.25, 0.3) is 0 Å². The molecule has 1 aromatic rings. The van der Waals surface area contributed by atoms with Gasteiger partial charge < -0.3 is 0 Å².